The number of piperidine rings is 1. The number of nitrogens with zero attached hydrogens (tertiary/aromatic N) is 1. The molecule has 2 heterocycles. The van der Waals surface area contributed by atoms with Gasteiger partial charge >= 0.3 is 0 Å². The van der Waals surface area contributed by atoms with Crippen LogP contribution in [0.15, 0.2) is 12.1 Å². The standard InChI is InChI=1S/C16H22ClNO4/c1-19-6-7-20-13-2-4-18(5-3-13)10-12-8-15-16(9-14(12)17)22-11-21-15/h8-9,13H,2-7,10-11H2,1H3. The molecular formula is C16H22ClNO4. The number of methoxy groups -OCH3 is 1. The van der Waals surface area contributed by atoms with Gasteiger partial charge in [0.15, 0.2) is 11.5 Å². The van der Waals surface area contributed by atoms with Gasteiger partial charge in [0.25, 0.3) is 0 Å². The van der Waals surface area contributed by atoms with Crippen molar-refractivity contribution in [2.24, 2.45) is 0 Å². The number of benzene rings is 1. The smallest absolute Gasteiger partial charge is 0.231 e. The summed E-state index contributed by atoms with van der Waals surface area (Å²) in [7, 11) is 1.70. The normalized spacial score (nSPS) is 18.8. The number of hydrogen-bond donors (Lipinski definition) is 0. The second kappa shape index (κ2) is 7.51. The molecule has 3 rings (SSSR count). The van der Waals surface area contributed by atoms with Crippen molar-refractivity contribution in [2.75, 3.05) is 40.2 Å². The van der Waals surface area contributed by atoms with Crippen LogP contribution in [0, 0.1) is 0 Å². The van der Waals surface area contributed by atoms with Crippen molar-refractivity contribution in [1.82, 2.24) is 4.90 Å². The largest absolute Gasteiger partial charge is 0.454 e. The summed E-state index contributed by atoms with van der Waals surface area (Å²) in [6.45, 7) is 4.48. The van der Waals surface area contributed by atoms with E-state index < -0.39 is 0 Å². The molecule has 1 saturated heterocycles. The van der Waals surface area contributed by atoms with E-state index in [1.165, 1.54) is 0 Å². The molecule has 0 unspecified atom stereocenters. The van der Waals surface area contributed by atoms with Crippen LogP contribution in [0.1, 0.15) is 18.4 Å². The van der Waals surface area contributed by atoms with Gasteiger partial charge in [-0.3, -0.25) is 4.90 Å². The van der Waals surface area contributed by atoms with Crippen LogP contribution in [0.5, 0.6) is 11.5 Å². The van der Waals surface area contributed by atoms with Gasteiger partial charge in [-0.2, -0.15) is 0 Å². The van der Waals surface area contributed by atoms with E-state index in [1.54, 1.807) is 7.11 Å². The molecule has 22 heavy (non-hydrogen) atoms. The molecule has 0 atom stereocenters. The van der Waals surface area contributed by atoms with Crippen LogP contribution in [0.4, 0.5) is 0 Å². The molecule has 0 spiro atoms. The molecule has 1 aromatic rings. The van der Waals surface area contributed by atoms with Gasteiger partial charge in [-0.1, -0.05) is 11.6 Å². The fraction of sp³-hybridized carbons (Fsp3) is 0.625. The maximum atomic E-state index is 6.34. The quantitative estimate of drug-likeness (QED) is 0.751. The first-order valence-corrected chi connectivity index (χ1v) is 8.05. The maximum absolute atomic E-state index is 6.34. The lowest BCUT2D eigenvalue weighted by atomic mass is 10.1. The third-order valence-corrected chi connectivity index (χ3v) is 4.46. The zero-order valence-electron chi connectivity index (χ0n) is 12.8. The van der Waals surface area contributed by atoms with Crippen LogP contribution in [0.2, 0.25) is 5.02 Å². The Balaban J connectivity index is 1.51. The van der Waals surface area contributed by atoms with E-state index in [2.05, 4.69) is 4.90 Å². The van der Waals surface area contributed by atoms with Crippen molar-refractivity contribution in [3.05, 3.63) is 22.7 Å². The monoisotopic (exact) mass is 327 g/mol. The van der Waals surface area contributed by atoms with Crippen LogP contribution >= 0.6 is 11.6 Å². The highest BCUT2D eigenvalue weighted by molar-refractivity contribution is 6.31. The molecule has 0 N–H and O–H groups in total. The lowest BCUT2D eigenvalue weighted by Gasteiger charge is -2.32. The third kappa shape index (κ3) is 3.84. The molecular weight excluding hydrogens is 306 g/mol. The maximum Gasteiger partial charge on any atom is 0.231 e. The lowest BCUT2D eigenvalue weighted by molar-refractivity contribution is -0.0158. The van der Waals surface area contributed by atoms with E-state index in [0.717, 1.165) is 54.6 Å². The van der Waals surface area contributed by atoms with E-state index in [0.29, 0.717) is 19.3 Å². The number of rotatable bonds is 6. The van der Waals surface area contributed by atoms with Gasteiger partial charge < -0.3 is 18.9 Å². The van der Waals surface area contributed by atoms with Gasteiger partial charge in [0, 0.05) is 37.8 Å². The zero-order chi connectivity index (χ0) is 15.4. The van der Waals surface area contributed by atoms with Crippen LogP contribution in [-0.4, -0.2) is 51.2 Å². The van der Waals surface area contributed by atoms with Gasteiger partial charge in [0.1, 0.15) is 0 Å². The average Bonchev–Trinajstić information content (AvgIpc) is 2.97. The first kappa shape index (κ1) is 15.9. The highest BCUT2D eigenvalue weighted by atomic mass is 35.5. The van der Waals surface area contributed by atoms with Crippen molar-refractivity contribution >= 4 is 11.6 Å². The molecule has 0 radical (unpaired) electrons. The first-order chi connectivity index (χ1) is 10.8. The minimum absolute atomic E-state index is 0.277. The number of hydrogen-bond acceptors (Lipinski definition) is 5. The Morgan fingerprint density at radius 1 is 1.18 bits per heavy atom. The van der Waals surface area contributed by atoms with Crippen molar-refractivity contribution in [1.29, 1.82) is 0 Å². The van der Waals surface area contributed by atoms with Gasteiger partial charge in [-0.25, -0.2) is 0 Å². The topological polar surface area (TPSA) is 40.2 Å². The van der Waals surface area contributed by atoms with E-state index >= 15 is 0 Å². The van der Waals surface area contributed by atoms with Crippen LogP contribution in [-0.2, 0) is 16.0 Å². The van der Waals surface area contributed by atoms with Crippen molar-refractivity contribution in [3.63, 3.8) is 0 Å². The highest BCUT2D eigenvalue weighted by Gasteiger charge is 2.22. The van der Waals surface area contributed by atoms with Gasteiger partial charge in [-0.15, -0.1) is 0 Å². The molecule has 0 aromatic heterocycles. The Bertz CT molecular complexity index is 503. The number of halogens is 1. The Hall–Kier alpha value is -1.01. The number of likely N-dealkylation sites (tertiary alicyclic amines) is 1. The molecule has 122 valence electrons. The summed E-state index contributed by atoms with van der Waals surface area (Å²) < 4.78 is 21.6. The molecule has 6 heteroatoms. The van der Waals surface area contributed by atoms with Gasteiger partial charge in [-0.05, 0) is 24.5 Å². The summed E-state index contributed by atoms with van der Waals surface area (Å²) in [6, 6.07) is 3.84. The molecule has 1 aromatic carbocycles. The molecule has 0 aliphatic carbocycles. The van der Waals surface area contributed by atoms with E-state index in [-0.39, 0.29) is 6.79 Å². The Morgan fingerprint density at radius 3 is 2.64 bits per heavy atom. The summed E-state index contributed by atoms with van der Waals surface area (Å²) in [5.74, 6) is 1.52. The van der Waals surface area contributed by atoms with Crippen LogP contribution in [0.3, 0.4) is 0 Å². The van der Waals surface area contributed by atoms with Crippen molar-refractivity contribution in [2.45, 2.75) is 25.5 Å². The molecule has 1 fully saturated rings. The predicted molar refractivity (Wildman–Crippen MR) is 83.7 cm³/mol. The second-order valence-electron chi connectivity index (χ2n) is 5.64. The summed E-state index contributed by atoms with van der Waals surface area (Å²) in [5, 5.41) is 0.739. The average molecular weight is 328 g/mol. The summed E-state index contributed by atoms with van der Waals surface area (Å²) >= 11 is 6.34. The predicted octanol–water partition coefficient (Wildman–Crippen LogP) is 2.70. The fourth-order valence-electron chi connectivity index (χ4n) is 2.85. The Morgan fingerprint density at radius 2 is 1.91 bits per heavy atom. The van der Waals surface area contributed by atoms with Crippen molar-refractivity contribution < 1.29 is 18.9 Å². The van der Waals surface area contributed by atoms with Crippen molar-refractivity contribution in [3.8, 4) is 11.5 Å². The second-order valence-corrected chi connectivity index (χ2v) is 6.04. The summed E-state index contributed by atoms with van der Waals surface area (Å²) in [5.41, 5.74) is 1.09. The molecule has 5 nitrogen and oxygen atoms in total. The van der Waals surface area contributed by atoms with Gasteiger partial charge in [0.05, 0.1) is 19.3 Å². The minimum Gasteiger partial charge on any atom is -0.454 e. The lowest BCUT2D eigenvalue weighted by Crippen LogP contribution is -2.37. The van der Waals surface area contributed by atoms with Gasteiger partial charge in [0.2, 0.25) is 6.79 Å². The third-order valence-electron chi connectivity index (χ3n) is 4.11. The molecule has 0 saturated carbocycles. The summed E-state index contributed by atoms with van der Waals surface area (Å²) in [6.07, 6.45) is 2.44. The molecule has 2 aliphatic heterocycles. The highest BCUT2D eigenvalue weighted by Crippen LogP contribution is 2.37. The van der Waals surface area contributed by atoms with Crippen LogP contribution < -0.4 is 9.47 Å². The van der Waals surface area contributed by atoms with E-state index in [1.807, 2.05) is 12.1 Å². The zero-order valence-corrected chi connectivity index (χ0v) is 13.6. The Kier molecular flexibility index (Phi) is 5.41. The molecule has 2 aliphatic rings. The fourth-order valence-corrected chi connectivity index (χ4v) is 3.07. The Labute approximate surface area is 136 Å². The first-order valence-electron chi connectivity index (χ1n) is 7.67. The number of fused-ring (bicyclic) bond motifs is 1. The summed E-state index contributed by atoms with van der Waals surface area (Å²) in [4.78, 5) is 2.40. The molecule has 0 amide bonds. The minimum atomic E-state index is 0.277. The van der Waals surface area contributed by atoms with E-state index in [4.69, 9.17) is 30.5 Å². The van der Waals surface area contributed by atoms with Crippen LogP contribution in [0.25, 0.3) is 0 Å². The number of ether oxygens (including phenoxy) is 4. The SMILES string of the molecule is COCCOC1CCN(Cc2cc3c(cc2Cl)OCO3)CC1. The van der Waals surface area contributed by atoms with E-state index in [9.17, 15) is 0 Å². The molecule has 0 bridgehead atoms.